The molecule has 0 aromatic heterocycles. The lowest BCUT2D eigenvalue weighted by molar-refractivity contribution is -0.384. The topological polar surface area (TPSA) is 43.1 Å². The number of benzene rings is 4. The second-order valence-corrected chi connectivity index (χ2v) is 6.67. The molecule has 0 atom stereocenters. The Labute approximate surface area is 152 Å². The SMILES string of the molecule is O=[N+]([O-])c1ccc2c(c1)c(-c1ccccc1)c(I)c1ccccc12. The second-order valence-electron chi connectivity index (χ2n) is 5.59. The first-order valence-corrected chi connectivity index (χ1v) is 8.58. The zero-order valence-corrected chi connectivity index (χ0v) is 14.7. The average Bonchev–Trinajstić information content (AvgIpc) is 2.62. The standard InChI is InChI=1S/C20H12INO2/c21-20-17-9-5-4-8-15(17)16-11-10-14(22(23)24)12-18(16)19(20)13-6-2-1-3-7-13/h1-12H. The van der Waals surface area contributed by atoms with E-state index >= 15 is 0 Å². The predicted molar refractivity (Wildman–Crippen MR) is 106 cm³/mol. The lowest BCUT2D eigenvalue weighted by atomic mass is 9.93. The molecule has 4 heteroatoms. The highest BCUT2D eigenvalue weighted by atomic mass is 127. The lowest BCUT2D eigenvalue weighted by Gasteiger charge is -2.14. The van der Waals surface area contributed by atoms with Crippen LogP contribution >= 0.6 is 22.6 Å². The van der Waals surface area contributed by atoms with Gasteiger partial charge >= 0.3 is 0 Å². The van der Waals surface area contributed by atoms with E-state index in [1.54, 1.807) is 12.1 Å². The minimum absolute atomic E-state index is 0.116. The van der Waals surface area contributed by atoms with Gasteiger partial charge in [0.15, 0.2) is 0 Å². The fourth-order valence-electron chi connectivity index (χ4n) is 3.14. The van der Waals surface area contributed by atoms with E-state index in [-0.39, 0.29) is 10.6 Å². The summed E-state index contributed by atoms with van der Waals surface area (Å²) in [6, 6.07) is 23.4. The van der Waals surface area contributed by atoms with Crippen molar-refractivity contribution in [1.29, 1.82) is 0 Å². The molecule has 0 fully saturated rings. The van der Waals surface area contributed by atoms with Crippen LogP contribution in [0.3, 0.4) is 0 Å². The quantitative estimate of drug-likeness (QED) is 0.167. The van der Waals surface area contributed by atoms with Crippen LogP contribution < -0.4 is 0 Å². The molecule has 24 heavy (non-hydrogen) atoms. The summed E-state index contributed by atoms with van der Waals surface area (Å²) < 4.78 is 1.11. The Hall–Kier alpha value is -2.47. The van der Waals surface area contributed by atoms with Crippen LogP contribution in [-0.2, 0) is 0 Å². The molecule has 0 aliphatic rings. The summed E-state index contributed by atoms with van der Waals surface area (Å²) in [5.74, 6) is 0. The van der Waals surface area contributed by atoms with Crippen molar-refractivity contribution in [3.63, 3.8) is 0 Å². The van der Waals surface area contributed by atoms with Crippen LogP contribution in [0.15, 0.2) is 72.8 Å². The highest BCUT2D eigenvalue weighted by Crippen LogP contribution is 2.40. The largest absolute Gasteiger partial charge is 0.270 e. The number of nitro benzene ring substituents is 1. The van der Waals surface area contributed by atoms with E-state index in [1.807, 2.05) is 48.5 Å². The molecule has 4 aromatic carbocycles. The number of nitrogens with zero attached hydrogens (tertiary/aromatic N) is 1. The van der Waals surface area contributed by atoms with Crippen LogP contribution in [0.1, 0.15) is 0 Å². The van der Waals surface area contributed by atoms with Gasteiger partial charge in [0.25, 0.3) is 5.69 Å². The number of non-ortho nitro benzene ring substituents is 1. The fraction of sp³-hybridized carbons (Fsp3) is 0. The molecule has 0 bridgehead atoms. The first kappa shape index (κ1) is 15.1. The van der Waals surface area contributed by atoms with E-state index in [0.717, 1.165) is 30.9 Å². The molecular weight excluding hydrogens is 413 g/mol. The molecule has 0 radical (unpaired) electrons. The summed E-state index contributed by atoms with van der Waals surface area (Å²) in [6.07, 6.45) is 0. The van der Waals surface area contributed by atoms with Gasteiger partial charge < -0.3 is 0 Å². The summed E-state index contributed by atoms with van der Waals surface area (Å²) in [5.41, 5.74) is 2.23. The predicted octanol–water partition coefficient (Wildman–Crippen LogP) is 6.17. The number of fused-ring (bicyclic) bond motifs is 3. The van der Waals surface area contributed by atoms with E-state index in [0.29, 0.717) is 0 Å². The van der Waals surface area contributed by atoms with Gasteiger partial charge in [0, 0.05) is 21.3 Å². The van der Waals surface area contributed by atoms with E-state index in [9.17, 15) is 10.1 Å². The third-order valence-electron chi connectivity index (χ3n) is 4.22. The van der Waals surface area contributed by atoms with Gasteiger partial charge in [-0.15, -0.1) is 0 Å². The van der Waals surface area contributed by atoms with Gasteiger partial charge in [-0.25, -0.2) is 0 Å². The second kappa shape index (κ2) is 5.87. The van der Waals surface area contributed by atoms with E-state index < -0.39 is 0 Å². The summed E-state index contributed by atoms with van der Waals surface area (Å²) in [5, 5.41) is 15.5. The first-order chi connectivity index (χ1) is 11.7. The van der Waals surface area contributed by atoms with E-state index in [2.05, 4.69) is 34.7 Å². The molecule has 0 amide bonds. The third kappa shape index (κ3) is 2.34. The molecule has 0 aliphatic heterocycles. The maximum atomic E-state index is 11.2. The molecule has 0 saturated heterocycles. The third-order valence-corrected chi connectivity index (χ3v) is 5.34. The molecular formula is C20H12INO2. The number of rotatable bonds is 2. The van der Waals surface area contributed by atoms with Gasteiger partial charge in [-0.3, -0.25) is 10.1 Å². The van der Waals surface area contributed by atoms with E-state index in [4.69, 9.17) is 0 Å². The van der Waals surface area contributed by atoms with Gasteiger partial charge in [0.05, 0.1) is 4.92 Å². The molecule has 4 aromatic rings. The van der Waals surface area contributed by atoms with Crippen LogP contribution in [0, 0.1) is 13.7 Å². The van der Waals surface area contributed by atoms with Crippen LogP contribution in [0.25, 0.3) is 32.7 Å². The van der Waals surface area contributed by atoms with Crippen molar-refractivity contribution >= 4 is 49.8 Å². The molecule has 0 spiro atoms. The summed E-state index contributed by atoms with van der Waals surface area (Å²) in [4.78, 5) is 10.9. The number of nitro groups is 1. The zero-order valence-electron chi connectivity index (χ0n) is 12.6. The van der Waals surface area contributed by atoms with Gasteiger partial charge in [-0.05, 0) is 55.8 Å². The molecule has 0 heterocycles. The normalized spacial score (nSPS) is 11.0. The maximum Gasteiger partial charge on any atom is 0.270 e. The van der Waals surface area contributed by atoms with Crippen molar-refractivity contribution in [3.8, 4) is 11.1 Å². The zero-order chi connectivity index (χ0) is 16.7. The first-order valence-electron chi connectivity index (χ1n) is 7.50. The smallest absolute Gasteiger partial charge is 0.258 e. The van der Waals surface area contributed by atoms with Crippen molar-refractivity contribution in [2.45, 2.75) is 0 Å². The van der Waals surface area contributed by atoms with Crippen LogP contribution in [0.5, 0.6) is 0 Å². The highest BCUT2D eigenvalue weighted by molar-refractivity contribution is 14.1. The molecule has 4 rings (SSSR count). The summed E-state index contributed by atoms with van der Waals surface area (Å²) in [6.45, 7) is 0. The Balaban J connectivity index is 2.23. The van der Waals surface area contributed by atoms with Crippen molar-refractivity contribution in [3.05, 3.63) is 86.5 Å². The Morgan fingerprint density at radius 3 is 2.08 bits per heavy atom. The molecule has 0 N–H and O–H groups in total. The Morgan fingerprint density at radius 2 is 1.38 bits per heavy atom. The monoisotopic (exact) mass is 425 g/mol. The minimum Gasteiger partial charge on any atom is -0.258 e. The van der Waals surface area contributed by atoms with Gasteiger partial charge in [-0.2, -0.15) is 0 Å². The van der Waals surface area contributed by atoms with Gasteiger partial charge in [0.1, 0.15) is 0 Å². The highest BCUT2D eigenvalue weighted by Gasteiger charge is 2.16. The Morgan fingerprint density at radius 1 is 0.750 bits per heavy atom. The molecule has 0 unspecified atom stereocenters. The minimum atomic E-state index is -0.337. The van der Waals surface area contributed by atoms with Crippen LogP contribution in [0.2, 0.25) is 0 Å². The number of hydrogen-bond donors (Lipinski definition) is 0. The average molecular weight is 425 g/mol. The lowest BCUT2D eigenvalue weighted by Crippen LogP contribution is -1.92. The summed E-state index contributed by atoms with van der Waals surface area (Å²) >= 11 is 2.35. The van der Waals surface area contributed by atoms with Gasteiger partial charge in [0.2, 0.25) is 0 Å². The van der Waals surface area contributed by atoms with E-state index in [1.165, 1.54) is 5.39 Å². The maximum absolute atomic E-state index is 11.2. The molecule has 3 nitrogen and oxygen atoms in total. The Bertz CT molecular complexity index is 1090. The van der Waals surface area contributed by atoms with Crippen molar-refractivity contribution in [1.82, 2.24) is 0 Å². The molecule has 0 saturated carbocycles. The van der Waals surface area contributed by atoms with Crippen molar-refractivity contribution < 1.29 is 4.92 Å². The number of halogens is 1. The Kier molecular flexibility index (Phi) is 3.69. The summed E-state index contributed by atoms with van der Waals surface area (Å²) in [7, 11) is 0. The number of hydrogen-bond acceptors (Lipinski definition) is 2. The van der Waals surface area contributed by atoms with Crippen LogP contribution in [-0.4, -0.2) is 4.92 Å². The fourth-order valence-corrected chi connectivity index (χ4v) is 4.21. The van der Waals surface area contributed by atoms with Crippen molar-refractivity contribution in [2.24, 2.45) is 0 Å². The van der Waals surface area contributed by atoms with Crippen molar-refractivity contribution in [2.75, 3.05) is 0 Å². The van der Waals surface area contributed by atoms with Gasteiger partial charge in [-0.1, -0.05) is 54.6 Å². The molecule has 116 valence electrons. The molecule has 0 aliphatic carbocycles. The van der Waals surface area contributed by atoms with Crippen LogP contribution in [0.4, 0.5) is 5.69 Å².